The van der Waals surface area contributed by atoms with E-state index < -0.39 is 10.0 Å². The molecule has 1 aromatic heterocycles. The molecule has 0 aliphatic carbocycles. The molecular formula is C15H17NO3S2. The molecule has 0 spiro atoms. The van der Waals surface area contributed by atoms with Crippen LogP contribution in [0.1, 0.15) is 23.8 Å². The van der Waals surface area contributed by atoms with Crippen molar-refractivity contribution in [2.45, 2.75) is 36.6 Å². The maximum atomic E-state index is 12.9. The van der Waals surface area contributed by atoms with Gasteiger partial charge in [-0.15, -0.1) is 11.3 Å². The fourth-order valence-corrected chi connectivity index (χ4v) is 5.73. The van der Waals surface area contributed by atoms with Gasteiger partial charge in [0, 0.05) is 10.9 Å². The summed E-state index contributed by atoms with van der Waals surface area (Å²) in [5.74, 6) is 0. The third-order valence-corrected chi connectivity index (χ3v) is 7.23. The van der Waals surface area contributed by atoms with Crippen molar-refractivity contribution in [2.24, 2.45) is 0 Å². The van der Waals surface area contributed by atoms with Crippen LogP contribution in [0.15, 0.2) is 40.6 Å². The van der Waals surface area contributed by atoms with Crippen LogP contribution in [-0.2, 0) is 23.1 Å². The average molecular weight is 323 g/mol. The van der Waals surface area contributed by atoms with Crippen molar-refractivity contribution in [2.75, 3.05) is 4.31 Å². The molecule has 1 atom stereocenters. The minimum Gasteiger partial charge on any atom is -0.391 e. The van der Waals surface area contributed by atoms with Crippen molar-refractivity contribution in [3.05, 3.63) is 46.8 Å². The summed E-state index contributed by atoms with van der Waals surface area (Å²) in [6.45, 7) is 1.81. The highest BCUT2D eigenvalue weighted by atomic mass is 32.2. The van der Waals surface area contributed by atoms with Crippen LogP contribution >= 0.6 is 11.3 Å². The van der Waals surface area contributed by atoms with Crippen LogP contribution < -0.4 is 4.31 Å². The number of sulfonamides is 1. The minimum absolute atomic E-state index is 0.0652. The van der Waals surface area contributed by atoms with Gasteiger partial charge in [0.15, 0.2) is 0 Å². The topological polar surface area (TPSA) is 57.6 Å². The lowest BCUT2D eigenvalue weighted by Crippen LogP contribution is -2.41. The van der Waals surface area contributed by atoms with Gasteiger partial charge < -0.3 is 5.11 Å². The number of benzene rings is 1. The molecule has 0 fully saturated rings. The van der Waals surface area contributed by atoms with E-state index in [0.717, 1.165) is 35.4 Å². The quantitative estimate of drug-likeness (QED) is 0.945. The van der Waals surface area contributed by atoms with Gasteiger partial charge in [-0.2, -0.15) is 0 Å². The van der Waals surface area contributed by atoms with Crippen LogP contribution in [0.3, 0.4) is 0 Å². The van der Waals surface area contributed by atoms with Gasteiger partial charge in [0.25, 0.3) is 10.0 Å². The summed E-state index contributed by atoms with van der Waals surface area (Å²) in [5.41, 5.74) is 1.84. The minimum atomic E-state index is -3.57. The van der Waals surface area contributed by atoms with Gasteiger partial charge in [-0.05, 0) is 43.5 Å². The highest BCUT2D eigenvalue weighted by Gasteiger charge is 2.34. The summed E-state index contributed by atoms with van der Waals surface area (Å²) < 4.78 is 27.7. The standard InChI is InChI=1S/C15H17NO3S2/c1-11-6-7-12-4-2-3-5-14(12)16(11)21(18,19)15-9-8-13(10-17)20-15/h2-5,8-9,11,17H,6-7,10H2,1H3. The van der Waals surface area contributed by atoms with E-state index in [1.807, 2.05) is 31.2 Å². The molecule has 0 bridgehead atoms. The number of nitrogens with zero attached hydrogens (tertiary/aromatic N) is 1. The highest BCUT2D eigenvalue weighted by molar-refractivity contribution is 7.94. The van der Waals surface area contributed by atoms with Crippen molar-refractivity contribution in [1.82, 2.24) is 0 Å². The molecular weight excluding hydrogens is 306 g/mol. The average Bonchev–Trinajstić information content (AvgIpc) is 2.96. The molecule has 1 aromatic carbocycles. The number of aryl methyl sites for hydroxylation is 1. The Morgan fingerprint density at radius 3 is 2.76 bits per heavy atom. The first kappa shape index (κ1) is 14.6. The largest absolute Gasteiger partial charge is 0.391 e. The number of thiophene rings is 1. The number of hydrogen-bond donors (Lipinski definition) is 1. The fourth-order valence-electron chi connectivity index (χ4n) is 2.70. The van der Waals surface area contributed by atoms with Gasteiger partial charge >= 0.3 is 0 Å². The zero-order chi connectivity index (χ0) is 15.0. The van der Waals surface area contributed by atoms with E-state index in [-0.39, 0.29) is 16.9 Å². The smallest absolute Gasteiger partial charge is 0.274 e. The van der Waals surface area contributed by atoms with Gasteiger partial charge in [0.2, 0.25) is 0 Å². The van der Waals surface area contributed by atoms with E-state index in [0.29, 0.717) is 4.88 Å². The summed E-state index contributed by atoms with van der Waals surface area (Å²) in [5, 5.41) is 9.14. The first-order chi connectivity index (χ1) is 10.0. The molecule has 0 radical (unpaired) electrons. The molecule has 1 N–H and O–H groups in total. The molecule has 4 nitrogen and oxygen atoms in total. The molecule has 112 valence electrons. The molecule has 3 rings (SSSR count). The summed E-state index contributed by atoms with van der Waals surface area (Å²) in [4.78, 5) is 0.659. The summed E-state index contributed by atoms with van der Waals surface area (Å²) in [7, 11) is -3.57. The van der Waals surface area contributed by atoms with Crippen molar-refractivity contribution in [1.29, 1.82) is 0 Å². The van der Waals surface area contributed by atoms with Crippen molar-refractivity contribution < 1.29 is 13.5 Å². The van der Waals surface area contributed by atoms with Crippen molar-refractivity contribution in [3.8, 4) is 0 Å². The van der Waals surface area contributed by atoms with Gasteiger partial charge in [-0.1, -0.05) is 18.2 Å². The van der Waals surface area contributed by atoms with Gasteiger partial charge in [0.05, 0.1) is 12.3 Å². The Morgan fingerprint density at radius 2 is 2.05 bits per heavy atom. The highest BCUT2D eigenvalue weighted by Crippen LogP contribution is 2.36. The Kier molecular flexibility index (Phi) is 3.77. The third-order valence-electron chi connectivity index (χ3n) is 3.77. The van der Waals surface area contributed by atoms with Crippen LogP contribution in [0, 0.1) is 0 Å². The van der Waals surface area contributed by atoms with Crippen LogP contribution in [0.25, 0.3) is 0 Å². The lowest BCUT2D eigenvalue weighted by atomic mass is 9.99. The Hall–Kier alpha value is -1.37. The lowest BCUT2D eigenvalue weighted by Gasteiger charge is -2.35. The van der Waals surface area contributed by atoms with E-state index in [4.69, 9.17) is 5.11 Å². The van der Waals surface area contributed by atoms with E-state index in [9.17, 15) is 8.42 Å². The van der Waals surface area contributed by atoms with Crippen LogP contribution in [0.2, 0.25) is 0 Å². The van der Waals surface area contributed by atoms with E-state index >= 15 is 0 Å². The molecule has 2 heterocycles. The van der Waals surface area contributed by atoms with Gasteiger partial charge in [0.1, 0.15) is 4.21 Å². The predicted octanol–water partition coefficient (Wildman–Crippen LogP) is 2.77. The van der Waals surface area contributed by atoms with Gasteiger partial charge in [-0.25, -0.2) is 8.42 Å². The number of aliphatic hydroxyl groups excluding tert-OH is 1. The molecule has 1 aliphatic rings. The summed E-state index contributed by atoms with van der Waals surface area (Å²) in [6, 6.07) is 10.8. The Labute approximate surface area is 128 Å². The molecule has 0 saturated carbocycles. The van der Waals surface area contributed by atoms with E-state index in [1.165, 1.54) is 4.31 Å². The zero-order valence-corrected chi connectivity index (χ0v) is 13.3. The Bertz CT molecular complexity index is 752. The number of anilines is 1. The number of rotatable bonds is 3. The normalized spacial score (nSPS) is 18.6. The second kappa shape index (κ2) is 5.44. The van der Waals surface area contributed by atoms with Crippen LogP contribution in [0.5, 0.6) is 0 Å². The zero-order valence-electron chi connectivity index (χ0n) is 11.7. The lowest BCUT2D eigenvalue weighted by molar-refractivity contribution is 0.285. The molecule has 0 amide bonds. The van der Waals surface area contributed by atoms with Crippen LogP contribution in [0.4, 0.5) is 5.69 Å². The van der Waals surface area contributed by atoms with Crippen molar-refractivity contribution >= 4 is 27.0 Å². The Balaban J connectivity index is 2.09. The molecule has 0 saturated heterocycles. The number of fused-ring (bicyclic) bond motifs is 1. The van der Waals surface area contributed by atoms with E-state index in [1.54, 1.807) is 12.1 Å². The second-order valence-corrected chi connectivity index (χ2v) is 8.41. The molecule has 2 aromatic rings. The SMILES string of the molecule is CC1CCc2ccccc2N1S(=O)(=O)c1ccc(CO)s1. The summed E-state index contributed by atoms with van der Waals surface area (Å²) in [6.07, 6.45) is 1.71. The van der Waals surface area contributed by atoms with Gasteiger partial charge in [-0.3, -0.25) is 4.31 Å². The molecule has 6 heteroatoms. The van der Waals surface area contributed by atoms with E-state index in [2.05, 4.69) is 0 Å². The predicted molar refractivity (Wildman–Crippen MR) is 84.1 cm³/mol. The molecule has 1 unspecified atom stereocenters. The number of hydrogen-bond acceptors (Lipinski definition) is 4. The first-order valence-corrected chi connectivity index (χ1v) is 9.11. The maximum Gasteiger partial charge on any atom is 0.274 e. The third kappa shape index (κ3) is 2.47. The second-order valence-electron chi connectivity index (χ2n) is 5.20. The summed E-state index contributed by atoms with van der Waals surface area (Å²) >= 11 is 1.13. The molecule has 1 aliphatic heterocycles. The Morgan fingerprint density at radius 1 is 1.29 bits per heavy atom. The number of aliphatic hydroxyl groups is 1. The van der Waals surface area contributed by atoms with Crippen molar-refractivity contribution in [3.63, 3.8) is 0 Å². The monoisotopic (exact) mass is 323 g/mol. The molecule has 21 heavy (non-hydrogen) atoms. The fraction of sp³-hybridized carbons (Fsp3) is 0.333. The van der Waals surface area contributed by atoms with Crippen LogP contribution in [-0.4, -0.2) is 19.6 Å². The number of para-hydroxylation sites is 1. The first-order valence-electron chi connectivity index (χ1n) is 6.86. The maximum absolute atomic E-state index is 12.9.